The second-order valence-corrected chi connectivity index (χ2v) is 3.66. The van der Waals surface area contributed by atoms with E-state index >= 15 is 0 Å². The predicted molar refractivity (Wildman–Crippen MR) is 66.4 cm³/mol. The fraction of sp³-hybridized carbons (Fsp3) is 0.0769. The Morgan fingerprint density at radius 2 is 2.21 bits per heavy atom. The molecule has 0 fully saturated rings. The molecule has 6 heteroatoms. The van der Waals surface area contributed by atoms with Gasteiger partial charge in [0.1, 0.15) is 6.61 Å². The normalized spacial score (nSPS) is 9.63. The van der Waals surface area contributed by atoms with Crippen molar-refractivity contribution in [3.05, 3.63) is 64.0 Å². The molecule has 0 spiro atoms. The minimum absolute atomic E-state index is 0.0645. The van der Waals surface area contributed by atoms with Gasteiger partial charge in [-0.05, 0) is 18.2 Å². The van der Waals surface area contributed by atoms with Crippen molar-refractivity contribution >= 4 is 5.69 Å². The Kier molecular flexibility index (Phi) is 3.69. The van der Waals surface area contributed by atoms with Gasteiger partial charge < -0.3 is 4.74 Å². The van der Waals surface area contributed by atoms with Crippen molar-refractivity contribution in [2.45, 2.75) is 6.61 Å². The number of benzene rings is 1. The maximum absolute atomic E-state index is 10.9. The lowest BCUT2D eigenvalue weighted by molar-refractivity contribution is -0.385. The highest BCUT2D eigenvalue weighted by Gasteiger charge is 2.15. The van der Waals surface area contributed by atoms with Gasteiger partial charge in [0.05, 0.1) is 22.2 Å². The fourth-order valence-electron chi connectivity index (χ4n) is 1.49. The average molecular weight is 255 g/mol. The summed E-state index contributed by atoms with van der Waals surface area (Å²) >= 11 is 0. The highest BCUT2D eigenvalue weighted by atomic mass is 16.6. The molecule has 0 unspecified atom stereocenters. The van der Waals surface area contributed by atoms with Crippen LogP contribution in [0.4, 0.5) is 5.69 Å². The zero-order valence-corrected chi connectivity index (χ0v) is 9.81. The second-order valence-electron chi connectivity index (χ2n) is 3.66. The number of nitriles is 1. The molecule has 1 heterocycles. The van der Waals surface area contributed by atoms with E-state index in [0.29, 0.717) is 11.3 Å². The Morgan fingerprint density at radius 3 is 2.84 bits per heavy atom. The number of hydrogen-bond acceptors (Lipinski definition) is 5. The van der Waals surface area contributed by atoms with Crippen LogP contribution in [-0.4, -0.2) is 9.91 Å². The van der Waals surface area contributed by atoms with Crippen molar-refractivity contribution in [2.75, 3.05) is 0 Å². The van der Waals surface area contributed by atoms with Crippen molar-refractivity contribution in [3.63, 3.8) is 0 Å². The van der Waals surface area contributed by atoms with Gasteiger partial charge in [-0.15, -0.1) is 0 Å². The first-order valence-corrected chi connectivity index (χ1v) is 5.42. The lowest BCUT2D eigenvalue weighted by Gasteiger charge is -2.06. The standard InChI is InChI=1S/C13H9N3O3/c14-8-10-4-5-12(16(17)18)13(7-10)19-9-11-3-1-2-6-15-11/h1-7H,9H2. The van der Waals surface area contributed by atoms with Crippen LogP contribution in [0.25, 0.3) is 0 Å². The van der Waals surface area contributed by atoms with Gasteiger partial charge in [-0.1, -0.05) is 6.07 Å². The summed E-state index contributed by atoms with van der Waals surface area (Å²) in [5.41, 5.74) is 0.788. The van der Waals surface area contributed by atoms with Crippen LogP contribution >= 0.6 is 0 Å². The molecule has 2 rings (SSSR count). The molecule has 0 radical (unpaired) electrons. The summed E-state index contributed by atoms with van der Waals surface area (Å²) in [6, 6.07) is 11.2. The van der Waals surface area contributed by atoms with Gasteiger partial charge in [0.2, 0.25) is 0 Å². The van der Waals surface area contributed by atoms with Crippen molar-refractivity contribution in [3.8, 4) is 11.8 Å². The molecule has 19 heavy (non-hydrogen) atoms. The van der Waals surface area contributed by atoms with Crippen LogP contribution in [0.3, 0.4) is 0 Å². The Balaban J connectivity index is 2.23. The molecule has 6 nitrogen and oxygen atoms in total. The van der Waals surface area contributed by atoms with Gasteiger partial charge >= 0.3 is 5.69 Å². The van der Waals surface area contributed by atoms with E-state index < -0.39 is 4.92 Å². The van der Waals surface area contributed by atoms with E-state index in [2.05, 4.69) is 4.98 Å². The summed E-state index contributed by atoms with van der Waals surface area (Å²) < 4.78 is 5.37. The molecular formula is C13H9N3O3. The third kappa shape index (κ3) is 3.04. The summed E-state index contributed by atoms with van der Waals surface area (Å²) in [5.74, 6) is 0.0645. The van der Waals surface area contributed by atoms with Crippen molar-refractivity contribution in [2.24, 2.45) is 0 Å². The van der Waals surface area contributed by atoms with Gasteiger partial charge in [-0.3, -0.25) is 15.1 Å². The molecule has 0 aliphatic rings. The monoisotopic (exact) mass is 255 g/mol. The smallest absolute Gasteiger partial charge is 0.311 e. The molecule has 2 aromatic rings. The summed E-state index contributed by atoms with van der Waals surface area (Å²) in [4.78, 5) is 14.4. The molecule has 0 bridgehead atoms. The second kappa shape index (κ2) is 5.60. The number of hydrogen-bond donors (Lipinski definition) is 0. The minimum Gasteiger partial charge on any atom is -0.480 e. The van der Waals surface area contributed by atoms with Crippen LogP contribution in [0.5, 0.6) is 5.75 Å². The largest absolute Gasteiger partial charge is 0.480 e. The first kappa shape index (κ1) is 12.5. The van der Waals surface area contributed by atoms with Crippen molar-refractivity contribution in [1.82, 2.24) is 4.98 Å². The van der Waals surface area contributed by atoms with Gasteiger partial charge in [0.15, 0.2) is 5.75 Å². The minimum atomic E-state index is -0.547. The molecule has 0 saturated carbocycles. The highest BCUT2D eigenvalue weighted by molar-refractivity contribution is 5.51. The van der Waals surface area contributed by atoms with Gasteiger partial charge in [0.25, 0.3) is 0 Å². The van der Waals surface area contributed by atoms with Crippen LogP contribution < -0.4 is 4.74 Å². The van der Waals surface area contributed by atoms with E-state index in [9.17, 15) is 10.1 Å². The summed E-state index contributed by atoms with van der Waals surface area (Å²) in [6.45, 7) is 0.108. The van der Waals surface area contributed by atoms with E-state index in [4.69, 9.17) is 10.00 Å². The lowest BCUT2D eigenvalue weighted by atomic mass is 10.2. The van der Waals surface area contributed by atoms with Crippen molar-refractivity contribution in [1.29, 1.82) is 5.26 Å². The molecule has 0 amide bonds. The lowest BCUT2D eigenvalue weighted by Crippen LogP contribution is -2.01. The summed E-state index contributed by atoms with van der Waals surface area (Å²) in [5, 5.41) is 19.6. The number of aromatic nitrogens is 1. The average Bonchev–Trinajstić information content (AvgIpc) is 2.45. The first-order chi connectivity index (χ1) is 9.20. The number of ether oxygens (including phenoxy) is 1. The molecule has 1 aromatic heterocycles. The number of nitro groups is 1. The molecule has 0 aliphatic carbocycles. The van der Waals surface area contributed by atoms with Gasteiger partial charge in [-0.25, -0.2) is 0 Å². The SMILES string of the molecule is N#Cc1ccc([N+](=O)[O-])c(OCc2ccccn2)c1. The third-order valence-corrected chi connectivity index (χ3v) is 2.39. The summed E-state index contributed by atoms with van der Waals surface area (Å²) in [7, 11) is 0. The molecule has 0 saturated heterocycles. The van der Waals surface area contributed by atoms with E-state index in [1.54, 1.807) is 24.4 Å². The zero-order chi connectivity index (χ0) is 13.7. The van der Waals surface area contributed by atoms with Crippen molar-refractivity contribution < 1.29 is 9.66 Å². The van der Waals surface area contributed by atoms with Gasteiger partial charge in [-0.2, -0.15) is 5.26 Å². The zero-order valence-electron chi connectivity index (χ0n) is 9.81. The van der Waals surface area contributed by atoms with E-state index in [1.165, 1.54) is 18.2 Å². The molecule has 0 atom stereocenters. The maximum Gasteiger partial charge on any atom is 0.311 e. The number of nitro benzene ring substituents is 1. The Hall–Kier alpha value is -2.94. The Labute approximate surface area is 109 Å². The van der Waals surface area contributed by atoms with Crippen LogP contribution in [0.1, 0.15) is 11.3 Å². The third-order valence-electron chi connectivity index (χ3n) is 2.39. The molecule has 1 aromatic carbocycles. The Bertz CT molecular complexity index is 635. The molecule has 0 N–H and O–H groups in total. The van der Waals surface area contributed by atoms with Gasteiger partial charge in [0, 0.05) is 18.3 Å². The Morgan fingerprint density at radius 1 is 1.37 bits per heavy atom. The van der Waals surface area contributed by atoms with Crippen LogP contribution in [-0.2, 0) is 6.61 Å². The topological polar surface area (TPSA) is 89.0 Å². The van der Waals surface area contributed by atoms with Crippen LogP contribution in [0.2, 0.25) is 0 Å². The fourth-order valence-corrected chi connectivity index (χ4v) is 1.49. The summed E-state index contributed by atoms with van der Waals surface area (Å²) in [6.07, 6.45) is 1.61. The number of rotatable bonds is 4. The van der Waals surface area contributed by atoms with Crippen LogP contribution in [0.15, 0.2) is 42.6 Å². The van der Waals surface area contributed by atoms with E-state index in [1.807, 2.05) is 6.07 Å². The highest BCUT2D eigenvalue weighted by Crippen LogP contribution is 2.28. The molecule has 94 valence electrons. The van der Waals surface area contributed by atoms with Crippen LogP contribution in [0, 0.1) is 21.4 Å². The number of nitrogens with zero attached hydrogens (tertiary/aromatic N) is 3. The quantitative estimate of drug-likeness (QED) is 0.618. The van der Waals surface area contributed by atoms with E-state index in [-0.39, 0.29) is 18.0 Å². The molecule has 0 aliphatic heterocycles. The predicted octanol–water partition coefficient (Wildman–Crippen LogP) is 2.44. The first-order valence-electron chi connectivity index (χ1n) is 5.42. The maximum atomic E-state index is 10.9. The van der Waals surface area contributed by atoms with E-state index in [0.717, 1.165) is 0 Å². The number of pyridine rings is 1. The molecular weight excluding hydrogens is 246 g/mol.